The molecule has 2 atom stereocenters. The number of fused-ring (bicyclic) bond motifs is 1. The molecule has 3 heteroatoms. The lowest BCUT2D eigenvalue weighted by Crippen LogP contribution is -2.10. The van der Waals surface area contributed by atoms with Crippen molar-refractivity contribution in [3.63, 3.8) is 0 Å². The third-order valence-electron chi connectivity index (χ3n) is 3.29. The van der Waals surface area contributed by atoms with Gasteiger partial charge in [0.15, 0.2) is 0 Å². The minimum Gasteiger partial charge on any atom is -0.393 e. The summed E-state index contributed by atoms with van der Waals surface area (Å²) in [6, 6.07) is 2.31. The second-order valence-electron chi connectivity index (χ2n) is 4.82. The Bertz CT molecular complexity index is 357. The number of aryl methyl sites for hydroxylation is 2. The molecule has 0 spiro atoms. The summed E-state index contributed by atoms with van der Waals surface area (Å²) in [5.41, 5.74) is 1.42. The SMILES string of the molecule is CCOC1CCCc2sc(CCC(C)O)cc21. The van der Waals surface area contributed by atoms with E-state index in [9.17, 15) is 5.11 Å². The summed E-state index contributed by atoms with van der Waals surface area (Å²) in [7, 11) is 0. The van der Waals surface area contributed by atoms with Crippen LogP contribution >= 0.6 is 11.3 Å². The Labute approximate surface area is 108 Å². The zero-order chi connectivity index (χ0) is 12.3. The predicted octanol–water partition coefficient (Wildman–Crippen LogP) is 3.48. The molecule has 0 amide bonds. The van der Waals surface area contributed by atoms with Gasteiger partial charge in [-0.1, -0.05) is 0 Å². The topological polar surface area (TPSA) is 29.5 Å². The van der Waals surface area contributed by atoms with E-state index in [0.29, 0.717) is 6.10 Å². The van der Waals surface area contributed by atoms with E-state index in [-0.39, 0.29) is 6.10 Å². The van der Waals surface area contributed by atoms with Crippen molar-refractivity contribution in [1.29, 1.82) is 0 Å². The highest BCUT2D eigenvalue weighted by atomic mass is 32.1. The molecular weight excluding hydrogens is 232 g/mol. The van der Waals surface area contributed by atoms with Gasteiger partial charge in [0.25, 0.3) is 0 Å². The first-order valence-electron chi connectivity index (χ1n) is 6.61. The number of aliphatic hydroxyl groups excluding tert-OH is 1. The third kappa shape index (κ3) is 3.30. The van der Waals surface area contributed by atoms with E-state index in [0.717, 1.165) is 25.9 Å². The van der Waals surface area contributed by atoms with Gasteiger partial charge in [-0.25, -0.2) is 0 Å². The minimum atomic E-state index is -0.197. The van der Waals surface area contributed by atoms with E-state index in [1.54, 1.807) is 0 Å². The van der Waals surface area contributed by atoms with Gasteiger partial charge in [-0.15, -0.1) is 11.3 Å². The highest BCUT2D eigenvalue weighted by Crippen LogP contribution is 2.38. The number of hydrogen-bond donors (Lipinski definition) is 1. The van der Waals surface area contributed by atoms with Gasteiger partial charge in [0.1, 0.15) is 0 Å². The average Bonchev–Trinajstić information content (AvgIpc) is 2.71. The molecule has 17 heavy (non-hydrogen) atoms. The van der Waals surface area contributed by atoms with Crippen LogP contribution in [0.3, 0.4) is 0 Å². The first kappa shape index (κ1) is 13.1. The lowest BCUT2D eigenvalue weighted by molar-refractivity contribution is 0.0506. The van der Waals surface area contributed by atoms with Gasteiger partial charge in [-0.3, -0.25) is 0 Å². The summed E-state index contributed by atoms with van der Waals surface area (Å²) in [4.78, 5) is 2.91. The van der Waals surface area contributed by atoms with Crippen molar-refractivity contribution in [2.45, 2.75) is 58.2 Å². The summed E-state index contributed by atoms with van der Waals surface area (Å²) in [5.74, 6) is 0. The molecule has 2 unspecified atom stereocenters. The smallest absolute Gasteiger partial charge is 0.0835 e. The third-order valence-corrected chi connectivity index (χ3v) is 4.56. The first-order valence-corrected chi connectivity index (χ1v) is 7.43. The highest BCUT2D eigenvalue weighted by Gasteiger charge is 2.23. The fourth-order valence-corrected chi connectivity index (χ4v) is 3.70. The van der Waals surface area contributed by atoms with Crippen molar-refractivity contribution in [2.75, 3.05) is 6.61 Å². The Balaban J connectivity index is 2.07. The Hall–Kier alpha value is -0.380. The molecule has 0 fully saturated rings. The van der Waals surface area contributed by atoms with Crippen LogP contribution in [0, 0.1) is 0 Å². The standard InChI is InChI=1S/C14H22O2S/c1-3-16-13-5-4-6-14-12(13)9-11(17-14)8-7-10(2)15/h9-10,13,15H,3-8H2,1-2H3. The van der Waals surface area contributed by atoms with Gasteiger partial charge < -0.3 is 9.84 Å². The van der Waals surface area contributed by atoms with Crippen LogP contribution in [-0.4, -0.2) is 17.8 Å². The van der Waals surface area contributed by atoms with Crippen LogP contribution in [0.1, 0.15) is 54.5 Å². The van der Waals surface area contributed by atoms with E-state index in [2.05, 4.69) is 13.0 Å². The molecule has 1 N–H and O–H groups in total. The molecule has 0 saturated heterocycles. The lowest BCUT2D eigenvalue weighted by Gasteiger charge is -2.22. The van der Waals surface area contributed by atoms with Crippen LogP contribution in [0.2, 0.25) is 0 Å². The maximum Gasteiger partial charge on any atom is 0.0835 e. The van der Waals surface area contributed by atoms with E-state index in [1.807, 2.05) is 18.3 Å². The summed E-state index contributed by atoms with van der Waals surface area (Å²) < 4.78 is 5.81. The van der Waals surface area contributed by atoms with Crippen molar-refractivity contribution in [1.82, 2.24) is 0 Å². The van der Waals surface area contributed by atoms with Gasteiger partial charge in [0.05, 0.1) is 12.2 Å². The Kier molecular flexibility index (Phi) is 4.60. The molecule has 0 radical (unpaired) electrons. The molecule has 0 aliphatic heterocycles. The largest absolute Gasteiger partial charge is 0.393 e. The number of thiophene rings is 1. The van der Waals surface area contributed by atoms with Crippen LogP contribution in [0.5, 0.6) is 0 Å². The maximum absolute atomic E-state index is 9.33. The first-order chi connectivity index (χ1) is 8.20. The predicted molar refractivity (Wildman–Crippen MR) is 71.6 cm³/mol. The van der Waals surface area contributed by atoms with Crippen molar-refractivity contribution >= 4 is 11.3 Å². The molecule has 1 heterocycles. The zero-order valence-electron chi connectivity index (χ0n) is 10.7. The molecule has 1 aliphatic carbocycles. The number of aliphatic hydroxyl groups is 1. The number of ether oxygens (including phenoxy) is 1. The van der Waals surface area contributed by atoms with Gasteiger partial charge in [0.2, 0.25) is 0 Å². The fourth-order valence-electron chi connectivity index (χ4n) is 2.42. The van der Waals surface area contributed by atoms with Crippen LogP contribution in [0.15, 0.2) is 6.07 Å². The van der Waals surface area contributed by atoms with E-state index >= 15 is 0 Å². The molecule has 1 aromatic rings. The van der Waals surface area contributed by atoms with E-state index < -0.39 is 0 Å². The summed E-state index contributed by atoms with van der Waals surface area (Å²) in [5, 5.41) is 9.33. The summed E-state index contributed by atoms with van der Waals surface area (Å²) >= 11 is 1.92. The highest BCUT2D eigenvalue weighted by molar-refractivity contribution is 7.12. The molecule has 1 aliphatic rings. The van der Waals surface area contributed by atoms with Crippen molar-refractivity contribution in [3.8, 4) is 0 Å². The molecule has 96 valence electrons. The lowest BCUT2D eigenvalue weighted by atomic mass is 9.95. The number of hydrogen-bond acceptors (Lipinski definition) is 3. The normalized spacial score (nSPS) is 21.2. The summed E-state index contributed by atoms with van der Waals surface area (Å²) in [6.45, 7) is 4.72. The Morgan fingerprint density at radius 2 is 2.41 bits per heavy atom. The van der Waals surface area contributed by atoms with Crippen LogP contribution < -0.4 is 0 Å². The van der Waals surface area contributed by atoms with Gasteiger partial charge in [-0.05, 0) is 57.6 Å². The van der Waals surface area contributed by atoms with Gasteiger partial charge in [0, 0.05) is 16.4 Å². The molecule has 2 nitrogen and oxygen atoms in total. The fraction of sp³-hybridized carbons (Fsp3) is 0.714. The van der Waals surface area contributed by atoms with Crippen molar-refractivity contribution < 1.29 is 9.84 Å². The van der Waals surface area contributed by atoms with Gasteiger partial charge in [-0.2, -0.15) is 0 Å². The molecule has 0 saturated carbocycles. The molecule has 2 rings (SSSR count). The second kappa shape index (κ2) is 5.98. The minimum absolute atomic E-state index is 0.197. The van der Waals surface area contributed by atoms with Crippen LogP contribution in [0.4, 0.5) is 0 Å². The van der Waals surface area contributed by atoms with Gasteiger partial charge >= 0.3 is 0 Å². The Morgan fingerprint density at radius 3 is 3.12 bits per heavy atom. The number of rotatable bonds is 5. The van der Waals surface area contributed by atoms with E-state index in [1.165, 1.54) is 28.2 Å². The Morgan fingerprint density at radius 1 is 1.59 bits per heavy atom. The van der Waals surface area contributed by atoms with Crippen molar-refractivity contribution in [3.05, 3.63) is 21.4 Å². The molecule has 1 aromatic heterocycles. The van der Waals surface area contributed by atoms with E-state index in [4.69, 9.17) is 4.74 Å². The average molecular weight is 254 g/mol. The quantitative estimate of drug-likeness (QED) is 0.871. The molecular formula is C14H22O2S. The van der Waals surface area contributed by atoms with Crippen LogP contribution in [0.25, 0.3) is 0 Å². The molecule has 0 aromatic carbocycles. The summed E-state index contributed by atoms with van der Waals surface area (Å²) in [6.07, 6.45) is 5.59. The molecule has 0 bridgehead atoms. The zero-order valence-corrected chi connectivity index (χ0v) is 11.6. The second-order valence-corrected chi connectivity index (χ2v) is 6.04. The van der Waals surface area contributed by atoms with Crippen molar-refractivity contribution in [2.24, 2.45) is 0 Å². The monoisotopic (exact) mass is 254 g/mol. The maximum atomic E-state index is 9.33. The van der Waals surface area contributed by atoms with Crippen LogP contribution in [-0.2, 0) is 17.6 Å².